The Labute approximate surface area is 259 Å². The third-order valence-corrected chi connectivity index (χ3v) is 8.44. The van der Waals surface area contributed by atoms with Crippen molar-refractivity contribution in [1.29, 1.82) is 0 Å². The largest absolute Gasteiger partial charge is 0.453 e. The number of unbranched alkanes of at least 4 members (excludes halogenated alkanes) is 2. The molecule has 1 saturated heterocycles. The van der Waals surface area contributed by atoms with Crippen molar-refractivity contribution in [2.45, 2.75) is 83.5 Å². The van der Waals surface area contributed by atoms with E-state index in [9.17, 15) is 30.7 Å². The predicted molar refractivity (Wildman–Crippen MR) is 155 cm³/mol. The second-order valence-electron chi connectivity index (χ2n) is 11.7. The molecule has 0 amide bonds. The molecule has 248 valence electrons. The molecular formula is C34H39F7O4. The lowest BCUT2D eigenvalue weighted by atomic mass is 9.74. The highest BCUT2D eigenvalue weighted by Crippen LogP contribution is 2.38. The molecule has 0 atom stereocenters. The van der Waals surface area contributed by atoms with Crippen molar-refractivity contribution in [1.82, 2.24) is 0 Å². The molecule has 0 N–H and O–H groups in total. The summed E-state index contributed by atoms with van der Waals surface area (Å²) in [5.41, 5.74) is -0.846. The van der Waals surface area contributed by atoms with Gasteiger partial charge in [-0.15, -0.1) is 0 Å². The summed E-state index contributed by atoms with van der Waals surface area (Å²) in [6.07, 6.45) is 7.58. The van der Waals surface area contributed by atoms with E-state index in [0.717, 1.165) is 18.1 Å². The fourth-order valence-corrected chi connectivity index (χ4v) is 5.97. The van der Waals surface area contributed by atoms with E-state index in [1.165, 1.54) is 57.4 Å². The van der Waals surface area contributed by atoms with Crippen LogP contribution in [-0.4, -0.2) is 19.5 Å². The van der Waals surface area contributed by atoms with Gasteiger partial charge in [0.2, 0.25) is 0 Å². The summed E-state index contributed by atoms with van der Waals surface area (Å²) in [5.74, 6) is -4.76. The smallest absolute Gasteiger partial charge is 0.429 e. The van der Waals surface area contributed by atoms with Crippen LogP contribution < -0.4 is 9.47 Å². The summed E-state index contributed by atoms with van der Waals surface area (Å²) < 4.78 is 117. The average molecular weight is 645 g/mol. The number of benzene rings is 2. The van der Waals surface area contributed by atoms with Gasteiger partial charge in [-0.1, -0.05) is 63.7 Å². The zero-order valence-corrected chi connectivity index (χ0v) is 25.2. The van der Waals surface area contributed by atoms with Crippen LogP contribution in [0.1, 0.15) is 82.3 Å². The van der Waals surface area contributed by atoms with E-state index in [2.05, 4.69) is 16.4 Å². The molecule has 4 nitrogen and oxygen atoms in total. The number of ether oxygens (including phenoxy) is 4. The van der Waals surface area contributed by atoms with Crippen molar-refractivity contribution in [2.75, 3.05) is 13.2 Å². The van der Waals surface area contributed by atoms with Gasteiger partial charge in [-0.2, -0.15) is 17.6 Å². The van der Waals surface area contributed by atoms with Gasteiger partial charge in [0, 0.05) is 24.5 Å². The minimum Gasteiger partial charge on any atom is -0.453 e. The van der Waals surface area contributed by atoms with Crippen LogP contribution in [0.25, 0.3) is 6.08 Å². The Morgan fingerprint density at radius 2 is 1.58 bits per heavy atom. The highest BCUT2D eigenvalue weighted by Gasteiger charge is 2.38. The molecule has 2 aromatic rings. The van der Waals surface area contributed by atoms with Crippen molar-refractivity contribution >= 4 is 6.08 Å². The summed E-state index contributed by atoms with van der Waals surface area (Å²) in [5, 5.41) is 0. The Bertz CT molecular complexity index is 1270. The summed E-state index contributed by atoms with van der Waals surface area (Å²) in [4.78, 5) is 0. The van der Waals surface area contributed by atoms with E-state index in [1.54, 1.807) is 12.2 Å². The Hall–Kier alpha value is -3.05. The molecule has 45 heavy (non-hydrogen) atoms. The first-order valence-electron chi connectivity index (χ1n) is 15.5. The van der Waals surface area contributed by atoms with Crippen molar-refractivity contribution < 1.29 is 49.7 Å². The van der Waals surface area contributed by atoms with Crippen molar-refractivity contribution in [2.24, 2.45) is 17.8 Å². The maximum atomic E-state index is 14.7. The fraction of sp³-hybridized carbons (Fsp3) is 0.529. The number of hydrogen-bond acceptors (Lipinski definition) is 4. The van der Waals surface area contributed by atoms with Crippen molar-refractivity contribution in [3.05, 3.63) is 77.3 Å². The lowest BCUT2D eigenvalue weighted by molar-refractivity contribution is -0.211. The van der Waals surface area contributed by atoms with Crippen LogP contribution in [0.2, 0.25) is 0 Å². The molecule has 0 radical (unpaired) electrons. The number of allylic oxidation sites excluding steroid dienone is 1. The maximum absolute atomic E-state index is 14.7. The fourth-order valence-electron chi connectivity index (χ4n) is 5.97. The molecule has 2 aromatic carbocycles. The third-order valence-electron chi connectivity index (χ3n) is 8.44. The standard InChI is InChI=1S/C34H39F7O4/c1-2-3-4-7-22-10-13-24(14-11-22)25-19-42-32(43-20-25)9-6-5-8-23-12-15-27(28(35)16-23)34(40,41)45-26-17-29(36)33(30(37)18-26)44-21-31(38)39/h5,8,12,15-18,21-22,24-25,32H,2-4,6-7,9-11,13-14,19-20H2,1H3. The molecule has 1 aliphatic heterocycles. The average Bonchev–Trinajstić information content (AvgIpc) is 2.99. The second-order valence-corrected chi connectivity index (χ2v) is 11.7. The van der Waals surface area contributed by atoms with Crippen LogP contribution >= 0.6 is 0 Å². The van der Waals surface area contributed by atoms with Crippen LogP contribution in [0.5, 0.6) is 11.5 Å². The van der Waals surface area contributed by atoms with Crippen molar-refractivity contribution in [3.8, 4) is 11.5 Å². The minimum absolute atomic E-state index is 0.213. The monoisotopic (exact) mass is 644 g/mol. The quantitative estimate of drug-likeness (QED) is 0.117. The number of rotatable bonds is 14. The molecule has 2 aliphatic rings. The Balaban J connectivity index is 1.22. The van der Waals surface area contributed by atoms with Gasteiger partial charge >= 0.3 is 12.2 Å². The molecular weight excluding hydrogens is 605 g/mol. The SMILES string of the molecule is CCCCCC1CCC(C2COC(CCC=Cc3ccc(C(F)(F)Oc4cc(F)c(OC=C(F)F)c(F)c4)c(F)c3)OC2)CC1. The molecule has 1 aliphatic carbocycles. The highest BCUT2D eigenvalue weighted by atomic mass is 19.3. The van der Waals surface area contributed by atoms with Gasteiger partial charge in [0.05, 0.1) is 18.8 Å². The Morgan fingerprint density at radius 3 is 2.20 bits per heavy atom. The lowest BCUT2D eigenvalue weighted by Crippen LogP contribution is -2.37. The molecule has 11 heteroatoms. The van der Waals surface area contributed by atoms with Crippen LogP contribution in [0.3, 0.4) is 0 Å². The zero-order valence-electron chi connectivity index (χ0n) is 25.2. The Morgan fingerprint density at radius 1 is 0.889 bits per heavy atom. The van der Waals surface area contributed by atoms with Gasteiger partial charge in [0.1, 0.15) is 11.6 Å². The van der Waals surface area contributed by atoms with E-state index in [-0.39, 0.29) is 12.6 Å². The van der Waals surface area contributed by atoms with Crippen LogP contribution in [-0.2, 0) is 15.6 Å². The number of hydrogen-bond donors (Lipinski definition) is 0. The van der Waals surface area contributed by atoms with Gasteiger partial charge in [0.25, 0.3) is 0 Å². The maximum Gasteiger partial charge on any atom is 0.429 e. The summed E-state index contributed by atoms with van der Waals surface area (Å²) in [7, 11) is 0. The molecule has 0 bridgehead atoms. The first-order valence-corrected chi connectivity index (χ1v) is 15.5. The van der Waals surface area contributed by atoms with Crippen LogP contribution in [0, 0.1) is 35.2 Å². The summed E-state index contributed by atoms with van der Waals surface area (Å²) in [6, 6.07) is 3.56. The van der Waals surface area contributed by atoms with E-state index in [1.807, 2.05) is 0 Å². The first kappa shape index (κ1) is 34.8. The molecule has 0 spiro atoms. The van der Waals surface area contributed by atoms with Gasteiger partial charge in [-0.25, -0.2) is 13.2 Å². The molecule has 2 fully saturated rings. The zero-order chi connectivity index (χ0) is 32.4. The molecule has 0 aromatic heterocycles. The van der Waals surface area contributed by atoms with Gasteiger partial charge < -0.3 is 18.9 Å². The minimum atomic E-state index is -4.31. The van der Waals surface area contributed by atoms with Crippen molar-refractivity contribution in [3.63, 3.8) is 0 Å². The van der Waals surface area contributed by atoms with Crippen LogP contribution in [0.4, 0.5) is 30.7 Å². The van der Waals surface area contributed by atoms with E-state index in [0.29, 0.717) is 55.6 Å². The third kappa shape index (κ3) is 10.2. The first-order chi connectivity index (χ1) is 21.6. The number of alkyl halides is 2. The summed E-state index contributed by atoms with van der Waals surface area (Å²) >= 11 is 0. The van der Waals surface area contributed by atoms with Crippen LogP contribution in [0.15, 0.2) is 48.8 Å². The predicted octanol–water partition coefficient (Wildman–Crippen LogP) is 10.5. The topological polar surface area (TPSA) is 36.9 Å². The number of halogens is 7. The molecule has 1 heterocycles. The summed E-state index contributed by atoms with van der Waals surface area (Å²) in [6.45, 7) is 3.59. The molecule has 0 unspecified atom stereocenters. The second kappa shape index (κ2) is 16.5. The van der Waals surface area contributed by atoms with E-state index < -0.39 is 46.7 Å². The molecule has 4 rings (SSSR count). The lowest BCUT2D eigenvalue weighted by Gasteiger charge is -2.37. The highest BCUT2D eigenvalue weighted by molar-refractivity contribution is 5.50. The Kier molecular flexibility index (Phi) is 12.8. The molecule has 1 saturated carbocycles. The van der Waals surface area contributed by atoms with E-state index in [4.69, 9.17) is 9.47 Å². The van der Waals surface area contributed by atoms with Gasteiger partial charge in [0.15, 0.2) is 29.9 Å². The van der Waals surface area contributed by atoms with E-state index >= 15 is 0 Å². The van der Waals surface area contributed by atoms with Gasteiger partial charge in [-0.05, 0) is 48.8 Å². The van der Waals surface area contributed by atoms with Gasteiger partial charge in [-0.3, -0.25) is 0 Å². The normalized spacial score (nSPS) is 22.4.